The number of fused-ring (bicyclic) bond motifs is 3. The predicted octanol–water partition coefficient (Wildman–Crippen LogP) is 3.96. The van der Waals surface area contributed by atoms with Gasteiger partial charge in [-0.3, -0.25) is 20.3 Å². The molecule has 3 aromatic rings. The average Bonchev–Trinajstić information content (AvgIpc) is 3.25. The number of nitrogens with one attached hydrogen (secondary N) is 4. The van der Waals surface area contributed by atoms with E-state index in [0.717, 1.165) is 53.9 Å². The molecule has 8 nitrogen and oxygen atoms in total. The molecule has 35 heavy (non-hydrogen) atoms. The predicted molar refractivity (Wildman–Crippen MR) is 140 cm³/mol. The van der Waals surface area contributed by atoms with Crippen LogP contribution in [0.25, 0.3) is 10.9 Å². The molecule has 0 amide bonds. The van der Waals surface area contributed by atoms with Crippen molar-refractivity contribution >= 4 is 22.5 Å². The number of nitrogens with zero attached hydrogens (tertiary/aromatic N) is 4. The summed E-state index contributed by atoms with van der Waals surface area (Å²) in [6, 6.07) is 10.6. The van der Waals surface area contributed by atoms with Crippen LogP contribution >= 0.6 is 0 Å². The normalized spacial score (nSPS) is 28.8. The number of hydrogen-bond donors (Lipinski definition) is 4. The molecule has 5 atom stereocenters. The van der Waals surface area contributed by atoms with E-state index >= 15 is 0 Å². The molecule has 0 radical (unpaired) electrons. The van der Waals surface area contributed by atoms with Crippen molar-refractivity contribution in [3.63, 3.8) is 0 Å². The van der Waals surface area contributed by atoms with Gasteiger partial charge < -0.3 is 10.6 Å². The Labute approximate surface area is 207 Å². The van der Waals surface area contributed by atoms with Crippen molar-refractivity contribution in [3.05, 3.63) is 54.0 Å². The van der Waals surface area contributed by atoms with Gasteiger partial charge in [0.15, 0.2) is 0 Å². The minimum atomic E-state index is 0.157. The molecule has 184 valence electrons. The topological polar surface area (TPSA) is 90.0 Å². The molecule has 0 spiro atoms. The number of pyridine rings is 3. The monoisotopic (exact) mass is 472 g/mol. The molecule has 3 aliphatic rings. The number of anilines is 2. The van der Waals surface area contributed by atoms with Gasteiger partial charge >= 0.3 is 0 Å². The Kier molecular flexibility index (Phi) is 6.26. The molecular formula is C27H36N8. The highest BCUT2D eigenvalue weighted by atomic mass is 15.5. The van der Waals surface area contributed by atoms with E-state index in [1.807, 2.05) is 18.6 Å². The van der Waals surface area contributed by atoms with Crippen LogP contribution in [0.1, 0.15) is 56.6 Å². The Morgan fingerprint density at radius 1 is 1.03 bits per heavy atom. The molecule has 3 aliphatic heterocycles. The van der Waals surface area contributed by atoms with E-state index in [0.29, 0.717) is 24.2 Å². The quantitative estimate of drug-likeness (QED) is 0.429. The summed E-state index contributed by atoms with van der Waals surface area (Å²) in [5.74, 6) is 1.81. The number of hydrazine groups is 1. The highest BCUT2D eigenvalue weighted by Crippen LogP contribution is 2.37. The summed E-state index contributed by atoms with van der Waals surface area (Å²) in [6.45, 7) is 5.30. The lowest BCUT2D eigenvalue weighted by atomic mass is 9.81. The molecule has 0 aromatic carbocycles. The van der Waals surface area contributed by atoms with Gasteiger partial charge in [-0.05, 0) is 75.3 Å². The van der Waals surface area contributed by atoms with Gasteiger partial charge in [-0.1, -0.05) is 6.42 Å². The van der Waals surface area contributed by atoms with Crippen LogP contribution < -0.4 is 21.5 Å². The maximum absolute atomic E-state index is 5.05. The SMILES string of the molecule is Cc1cnc2cc(NC3CC(C)NN3)nc(NC3C[C@H]4CCC[C@@H](C3)N4Cc3ccncc3)c2c1. The lowest BCUT2D eigenvalue weighted by Gasteiger charge is -2.49. The molecule has 8 heteroatoms. The lowest BCUT2D eigenvalue weighted by Crippen LogP contribution is -2.54. The van der Waals surface area contributed by atoms with Crippen molar-refractivity contribution in [1.29, 1.82) is 0 Å². The van der Waals surface area contributed by atoms with Crippen LogP contribution in [0.2, 0.25) is 0 Å². The Morgan fingerprint density at radius 2 is 1.83 bits per heavy atom. The molecule has 3 aromatic heterocycles. The minimum absolute atomic E-state index is 0.157. The fourth-order valence-electron chi connectivity index (χ4n) is 6.15. The van der Waals surface area contributed by atoms with E-state index in [2.05, 4.69) is 69.5 Å². The Morgan fingerprint density at radius 3 is 2.57 bits per heavy atom. The van der Waals surface area contributed by atoms with Gasteiger partial charge in [0.2, 0.25) is 0 Å². The average molecular weight is 473 g/mol. The second-order valence-corrected chi connectivity index (χ2v) is 10.6. The van der Waals surface area contributed by atoms with Gasteiger partial charge in [0.05, 0.1) is 11.7 Å². The van der Waals surface area contributed by atoms with Crippen molar-refractivity contribution in [2.75, 3.05) is 10.6 Å². The molecule has 0 saturated carbocycles. The Hall–Kier alpha value is -2.81. The van der Waals surface area contributed by atoms with Crippen LogP contribution in [0.15, 0.2) is 42.9 Å². The first-order valence-electron chi connectivity index (χ1n) is 13.1. The number of aromatic nitrogens is 3. The number of rotatable bonds is 6. The van der Waals surface area contributed by atoms with Crippen LogP contribution in [0.5, 0.6) is 0 Å². The second-order valence-electron chi connectivity index (χ2n) is 10.6. The molecule has 3 unspecified atom stereocenters. The van der Waals surface area contributed by atoms with E-state index in [-0.39, 0.29) is 6.17 Å². The summed E-state index contributed by atoms with van der Waals surface area (Å²) < 4.78 is 0. The molecule has 6 rings (SSSR count). The lowest BCUT2D eigenvalue weighted by molar-refractivity contribution is 0.0277. The zero-order valence-electron chi connectivity index (χ0n) is 20.7. The number of aryl methyl sites for hydroxylation is 1. The third-order valence-corrected chi connectivity index (χ3v) is 7.81. The number of piperidine rings is 2. The summed E-state index contributed by atoms with van der Waals surface area (Å²) in [5.41, 5.74) is 10.1. The van der Waals surface area contributed by atoms with Crippen LogP contribution in [0, 0.1) is 6.92 Å². The van der Waals surface area contributed by atoms with Crippen molar-refractivity contribution in [3.8, 4) is 0 Å². The van der Waals surface area contributed by atoms with Crippen LogP contribution in [-0.4, -0.2) is 50.2 Å². The van der Waals surface area contributed by atoms with E-state index in [9.17, 15) is 0 Å². The van der Waals surface area contributed by atoms with Gasteiger partial charge in [0.25, 0.3) is 0 Å². The fraction of sp³-hybridized carbons (Fsp3) is 0.519. The molecule has 6 heterocycles. The first-order valence-corrected chi connectivity index (χ1v) is 13.1. The van der Waals surface area contributed by atoms with Crippen molar-refractivity contribution < 1.29 is 0 Å². The largest absolute Gasteiger partial charge is 0.367 e. The van der Waals surface area contributed by atoms with E-state index in [4.69, 9.17) is 9.97 Å². The smallest absolute Gasteiger partial charge is 0.138 e. The van der Waals surface area contributed by atoms with Crippen molar-refractivity contribution in [2.45, 2.75) is 89.3 Å². The summed E-state index contributed by atoms with van der Waals surface area (Å²) in [6.07, 6.45) is 13.1. The van der Waals surface area contributed by atoms with Crippen LogP contribution in [-0.2, 0) is 6.54 Å². The van der Waals surface area contributed by atoms with E-state index < -0.39 is 0 Å². The van der Waals surface area contributed by atoms with Crippen molar-refractivity contribution in [1.82, 2.24) is 30.7 Å². The van der Waals surface area contributed by atoms with Gasteiger partial charge in [-0.25, -0.2) is 10.4 Å². The summed E-state index contributed by atoms with van der Waals surface area (Å²) in [5, 5.41) is 8.53. The summed E-state index contributed by atoms with van der Waals surface area (Å²) >= 11 is 0. The maximum Gasteiger partial charge on any atom is 0.138 e. The van der Waals surface area contributed by atoms with E-state index in [1.54, 1.807) is 0 Å². The molecule has 0 aliphatic carbocycles. The zero-order valence-corrected chi connectivity index (χ0v) is 20.7. The summed E-state index contributed by atoms with van der Waals surface area (Å²) in [7, 11) is 0. The maximum atomic E-state index is 5.05. The van der Waals surface area contributed by atoms with Gasteiger partial charge in [-0.2, -0.15) is 0 Å². The molecule has 2 bridgehead atoms. The van der Waals surface area contributed by atoms with Crippen molar-refractivity contribution in [2.24, 2.45) is 0 Å². The molecule has 3 saturated heterocycles. The van der Waals surface area contributed by atoms with Crippen LogP contribution in [0.4, 0.5) is 11.6 Å². The third-order valence-electron chi connectivity index (χ3n) is 7.81. The minimum Gasteiger partial charge on any atom is -0.367 e. The Bertz CT molecular complexity index is 1150. The molecule has 3 fully saturated rings. The highest BCUT2D eigenvalue weighted by molar-refractivity contribution is 5.91. The standard InChI is InChI=1S/C27H36N8/c1-17-10-23-24(29-15-17)14-25(31-26-11-18(2)33-34-26)32-27(23)30-20-12-21-4-3-5-22(13-20)35(21)16-19-6-8-28-9-7-19/h6-10,14-15,18,20-22,26,33-34H,3-5,11-13,16H2,1-2H3,(H2,30,31,32)/t18?,20?,21-,22+,26?. The third kappa shape index (κ3) is 4.96. The first-order chi connectivity index (χ1) is 17.1. The second kappa shape index (κ2) is 9.68. The van der Waals surface area contributed by atoms with Gasteiger partial charge in [0.1, 0.15) is 11.6 Å². The molecule has 4 N–H and O–H groups in total. The highest BCUT2D eigenvalue weighted by Gasteiger charge is 2.38. The first kappa shape index (κ1) is 22.6. The summed E-state index contributed by atoms with van der Waals surface area (Å²) in [4.78, 5) is 16.7. The van der Waals surface area contributed by atoms with Crippen LogP contribution in [0.3, 0.4) is 0 Å². The molecular weight excluding hydrogens is 436 g/mol. The fourth-order valence-corrected chi connectivity index (χ4v) is 6.15. The Balaban J connectivity index is 1.23. The van der Waals surface area contributed by atoms with Gasteiger partial charge in [-0.15, -0.1) is 0 Å². The van der Waals surface area contributed by atoms with E-state index in [1.165, 1.54) is 24.8 Å². The zero-order chi connectivity index (χ0) is 23.8. The number of hydrogen-bond acceptors (Lipinski definition) is 8. The van der Waals surface area contributed by atoms with Gasteiger partial charge in [0, 0.05) is 60.8 Å².